The minimum atomic E-state index is -3.69. The van der Waals surface area contributed by atoms with Crippen LogP contribution in [0, 0.1) is 0 Å². The molecule has 0 saturated carbocycles. The summed E-state index contributed by atoms with van der Waals surface area (Å²) in [5.41, 5.74) is 0.383. The fraction of sp³-hybridized carbons (Fsp3) is 0.381. The molecule has 0 heterocycles. The third-order valence-corrected chi connectivity index (χ3v) is 5.46. The average molecular weight is 437 g/mol. The number of rotatable bonds is 11. The van der Waals surface area contributed by atoms with Gasteiger partial charge in [0, 0.05) is 0 Å². The van der Waals surface area contributed by atoms with Crippen molar-refractivity contribution in [3.8, 4) is 17.2 Å². The molecule has 0 spiro atoms. The van der Waals surface area contributed by atoms with E-state index in [1.165, 1.54) is 6.92 Å². The highest BCUT2D eigenvalue weighted by atomic mass is 32.2. The van der Waals surface area contributed by atoms with Crippen molar-refractivity contribution in [3.05, 3.63) is 48.5 Å². The van der Waals surface area contributed by atoms with Crippen LogP contribution in [0.1, 0.15) is 13.8 Å². The molecule has 0 aromatic heterocycles. The predicted octanol–water partition coefficient (Wildman–Crippen LogP) is 2.44. The molecule has 8 nitrogen and oxygen atoms in total. The van der Waals surface area contributed by atoms with E-state index < -0.39 is 22.0 Å². The first kappa shape index (κ1) is 23.3. The van der Waals surface area contributed by atoms with E-state index in [1.54, 1.807) is 43.5 Å². The van der Waals surface area contributed by atoms with Crippen molar-refractivity contribution in [1.82, 2.24) is 5.32 Å². The molecule has 2 rings (SSSR count). The number of sulfonamides is 1. The molecule has 1 N–H and O–H groups in total. The van der Waals surface area contributed by atoms with Gasteiger partial charge in [0.1, 0.15) is 18.4 Å². The summed E-state index contributed by atoms with van der Waals surface area (Å²) in [6, 6.07) is 12.8. The van der Waals surface area contributed by atoms with Crippen molar-refractivity contribution in [3.63, 3.8) is 0 Å². The zero-order chi connectivity index (χ0) is 22.1. The Morgan fingerprint density at radius 3 is 2.27 bits per heavy atom. The molecule has 0 radical (unpaired) electrons. The Balaban J connectivity index is 2.00. The lowest BCUT2D eigenvalue weighted by Crippen LogP contribution is -2.48. The maximum absolute atomic E-state index is 12.6. The number of nitrogens with zero attached hydrogens (tertiary/aromatic N) is 1. The second-order valence-electron chi connectivity index (χ2n) is 6.45. The van der Waals surface area contributed by atoms with Crippen LogP contribution >= 0.6 is 0 Å². The maximum atomic E-state index is 12.6. The van der Waals surface area contributed by atoms with Crippen LogP contribution in [0.3, 0.4) is 0 Å². The van der Waals surface area contributed by atoms with Crippen molar-refractivity contribution in [1.29, 1.82) is 0 Å². The van der Waals surface area contributed by atoms with Gasteiger partial charge in [-0.15, -0.1) is 0 Å². The van der Waals surface area contributed by atoms with E-state index in [2.05, 4.69) is 5.32 Å². The Labute approximate surface area is 177 Å². The minimum Gasteiger partial charge on any atom is -0.494 e. The number of anilines is 1. The molecule has 164 valence electrons. The number of hydrogen-bond acceptors (Lipinski definition) is 6. The normalized spacial score (nSPS) is 12.0. The lowest BCUT2D eigenvalue weighted by molar-refractivity contribution is -0.121. The van der Waals surface area contributed by atoms with Crippen molar-refractivity contribution < 1.29 is 27.4 Å². The monoisotopic (exact) mass is 436 g/mol. The largest absolute Gasteiger partial charge is 0.494 e. The first-order valence-electron chi connectivity index (χ1n) is 9.53. The van der Waals surface area contributed by atoms with E-state index in [9.17, 15) is 13.2 Å². The summed E-state index contributed by atoms with van der Waals surface area (Å²) in [6.07, 6.45) is 1.07. The SMILES string of the molecule is CCOc1ccc(N([C@H](C)C(=O)NCCOc2ccccc2OC)S(C)(=O)=O)cc1. The Hall–Kier alpha value is -2.94. The quantitative estimate of drug-likeness (QED) is 0.544. The van der Waals surface area contributed by atoms with Gasteiger partial charge in [0.15, 0.2) is 11.5 Å². The Kier molecular flexibility index (Phi) is 8.35. The van der Waals surface area contributed by atoms with Gasteiger partial charge < -0.3 is 19.5 Å². The highest BCUT2D eigenvalue weighted by Crippen LogP contribution is 2.26. The first-order chi connectivity index (χ1) is 14.3. The topological polar surface area (TPSA) is 94.2 Å². The van der Waals surface area contributed by atoms with Crippen LogP contribution in [0.15, 0.2) is 48.5 Å². The van der Waals surface area contributed by atoms with E-state index in [0.717, 1.165) is 10.6 Å². The third-order valence-electron chi connectivity index (χ3n) is 4.22. The van der Waals surface area contributed by atoms with Gasteiger partial charge in [-0.3, -0.25) is 9.10 Å². The van der Waals surface area contributed by atoms with E-state index in [1.807, 2.05) is 19.1 Å². The molecule has 9 heteroatoms. The van der Waals surface area contributed by atoms with Crippen molar-refractivity contribution in [2.45, 2.75) is 19.9 Å². The highest BCUT2D eigenvalue weighted by Gasteiger charge is 2.29. The molecule has 1 atom stereocenters. The Morgan fingerprint density at radius 2 is 1.70 bits per heavy atom. The van der Waals surface area contributed by atoms with Gasteiger partial charge in [-0.25, -0.2) is 8.42 Å². The standard InChI is InChI=1S/C21H28N2O6S/c1-5-28-18-12-10-17(11-13-18)23(30(4,25)26)16(2)21(24)22-14-15-29-20-9-7-6-8-19(20)27-3/h6-13,16H,5,14-15H2,1-4H3,(H,22,24)/t16-/m1/s1. The molecular weight excluding hydrogens is 408 g/mol. The van der Waals surface area contributed by atoms with Crippen LogP contribution < -0.4 is 23.8 Å². The number of benzene rings is 2. The van der Waals surface area contributed by atoms with E-state index in [-0.39, 0.29) is 13.2 Å². The average Bonchev–Trinajstić information content (AvgIpc) is 2.72. The molecule has 0 aliphatic carbocycles. The van der Waals surface area contributed by atoms with Gasteiger partial charge in [-0.2, -0.15) is 0 Å². The summed E-state index contributed by atoms with van der Waals surface area (Å²) in [5.74, 6) is 1.35. The van der Waals surface area contributed by atoms with E-state index >= 15 is 0 Å². The number of hydrogen-bond donors (Lipinski definition) is 1. The molecule has 0 bridgehead atoms. The molecule has 1 amide bonds. The number of amides is 1. The summed E-state index contributed by atoms with van der Waals surface area (Å²) >= 11 is 0. The number of nitrogens with one attached hydrogen (secondary N) is 1. The maximum Gasteiger partial charge on any atom is 0.243 e. The third kappa shape index (κ3) is 6.28. The minimum absolute atomic E-state index is 0.209. The number of ether oxygens (including phenoxy) is 3. The van der Waals surface area contributed by atoms with Gasteiger partial charge in [0.2, 0.25) is 15.9 Å². The zero-order valence-corrected chi connectivity index (χ0v) is 18.4. The van der Waals surface area contributed by atoms with Gasteiger partial charge in [-0.1, -0.05) is 12.1 Å². The molecule has 0 unspecified atom stereocenters. The van der Waals surface area contributed by atoms with Crippen molar-refractivity contribution >= 4 is 21.6 Å². The zero-order valence-electron chi connectivity index (χ0n) is 17.6. The van der Waals surface area contributed by atoms with Gasteiger partial charge >= 0.3 is 0 Å². The van der Waals surface area contributed by atoms with Crippen LogP contribution in [-0.4, -0.2) is 53.5 Å². The molecule has 2 aromatic rings. The highest BCUT2D eigenvalue weighted by molar-refractivity contribution is 7.92. The van der Waals surface area contributed by atoms with Crippen LogP contribution in [-0.2, 0) is 14.8 Å². The molecule has 0 fully saturated rings. The second kappa shape index (κ2) is 10.7. The number of methoxy groups -OCH3 is 1. The fourth-order valence-electron chi connectivity index (χ4n) is 2.89. The van der Waals surface area contributed by atoms with Crippen LogP contribution in [0.5, 0.6) is 17.2 Å². The van der Waals surface area contributed by atoms with E-state index in [4.69, 9.17) is 14.2 Å². The lowest BCUT2D eigenvalue weighted by atomic mass is 10.2. The lowest BCUT2D eigenvalue weighted by Gasteiger charge is -2.28. The number of para-hydroxylation sites is 2. The second-order valence-corrected chi connectivity index (χ2v) is 8.31. The molecule has 2 aromatic carbocycles. The van der Waals surface area contributed by atoms with Crippen LogP contribution in [0.25, 0.3) is 0 Å². The number of carbonyl (C=O) groups is 1. The summed E-state index contributed by atoms with van der Waals surface area (Å²) < 4.78 is 42.0. The fourth-order valence-corrected chi connectivity index (χ4v) is 4.06. The first-order valence-corrected chi connectivity index (χ1v) is 11.4. The molecule has 0 aliphatic heterocycles. The van der Waals surface area contributed by atoms with Crippen LogP contribution in [0.2, 0.25) is 0 Å². The Morgan fingerprint density at radius 1 is 1.07 bits per heavy atom. The van der Waals surface area contributed by atoms with Crippen molar-refractivity contribution in [2.24, 2.45) is 0 Å². The van der Waals surface area contributed by atoms with Gasteiger partial charge in [-0.05, 0) is 50.2 Å². The summed E-state index contributed by atoms with van der Waals surface area (Å²) in [6.45, 7) is 4.32. The number of carbonyl (C=O) groups excluding carboxylic acids is 1. The van der Waals surface area contributed by atoms with E-state index in [0.29, 0.717) is 29.5 Å². The summed E-state index contributed by atoms with van der Waals surface area (Å²) in [5, 5.41) is 2.71. The molecular formula is C21H28N2O6S. The Bertz CT molecular complexity index is 931. The predicted molar refractivity (Wildman–Crippen MR) is 116 cm³/mol. The van der Waals surface area contributed by atoms with Crippen LogP contribution in [0.4, 0.5) is 5.69 Å². The summed E-state index contributed by atoms with van der Waals surface area (Å²) in [4.78, 5) is 12.6. The summed E-state index contributed by atoms with van der Waals surface area (Å²) in [7, 11) is -2.14. The molecule has 0 aliphatic rings. The van der Waals surface area contributed by atoms with Crippen molar-refractivity contribution in [2.75, 3.05) is 37.4 Å². The van der Waals surface area contributed by atoms with Gasteiger partial charge in [0.05, 0.1) is 32.2 Å². The molecule has 0 saturated heterocycles. The smallest absolute Gasteiger partial charge is 0.243 e. The van der Waals surface area contributed by atoms with Gasteiger partial charge in [0.25, 0.3) is 0 Å². The molecule has 30 heavy (non-hydrogen) atoms.